The first-order valence-corrected chi connectivity index (χ1v) is 10.3. The van der Waals surface area contributed by atoms with Crippen molar-refractivity contribution in [2.75, 3.05) is 5.32 Å². The Bertz CT molecular complexity index is 1130. The number of carbonyl (C=O) groups is 2. The van der Waals surface area contributed by atoms with E-state index in [1.54, 1.807) is 6.92 Å². The van der Waals surface area contributed by atoms with E-state index < -0.39 is 11.5 Å². The van der Waals surface area contributed by atoms with Crippen LogP contribution < -0.4 is 10.6 Å². The van der Waals surface area contributed by atoms with Crippen molar-refractivity contribution in [3.05, 3.63) is 101 Å². The molecule has 0 aromatic heterocycles. The molecule has 1 amide bonds. The van der Waals surface area contributed by atoms with Crippen LogP contribution in [0.25, 0.3) is 0 Å². The van der Waals surface area contributed by atoms with Crippen molar-refractivity contribution in [2.24, 2.45) is 5.92 Å². The number of nitrogens with one attached hydrogen (secondary N) is 2. The van der Waals surface area contributed by atoms with E-state index in [4.69, 9.17) is 0 Å². The monoisotopic (exact) mass is 396 g/mol. The average molecular weight is 396 g/mol. The minimum absolute atomic E-state index is 0.0132. The van der Waals surface area contributed by atoms with Crippen LogP contribution in [-0.2, 0) is 15.1 Å². The average Bonchev–Trinajstić information content (AvgIpc) is 3.26. The summed E-state index contributed by atoms with van der Waals surface area (Å²) in [5, 5.41) is 6.70. The molecule has 1 fully saturated rings. The molecule has 2 N–H and O–H groups in total. The van der Waals surface area contributed by atoms with E-state index in [0.717, 1.165) is 27.9 Å². The van der Waals surface area contributed by atoms with Crippen molar-refractivity contribution in [2.45, 2.75) is 31.3 Å². The van der Waals surface area contributed by atoms with Crippen LogP contribution in [0, 0.1) is 12.8 Å². The first-order chi connectivity index (χ1) is 14.5. The van der Waals surface area contributed by atoms with Gasteiger partial charge in [-0.25, -0.2) is 0 Å². The summed E-state index contributed by atoms with van der Waals surface area (Å²) in [6, 6.07) is 26.0. The SMILES string of the molecule is CC(=O)[C@@H]1[C@@H](c2ccccc2)[C@H](c2ccccc2)N[C@@]12C(=O)Nc1ccc(C)cc12. The summed E-state index contributed by atoms with van der Waals surface area (Å²) in [4.78, 5) is 26.7. The zero-order valence-electron chi connectivity index (χ0n) is 17.1. The van der Waals surface area contributed by atoms with Gasteiger partial charge in [0.05, 0.1) is 5.92 Å². The van der Waals surface area contributed by atoms with Crippen LogP contribution in [0.15, 0.2) is 78.9 Å². The Hall–Kier alpha value is -3.24. The van der Waals surface area contributed by atoms with E-state index in [1.165, 1.54) is 0 Å². The Morgan fingerprint density at radius 2 is 1.53 bits per heavy atom. The molecular formula is C26H24N2O2. The van der Waals surface area contributed by atoms with E-state index >= 15 is 0 Å². The number of carbonyl (C=O) groups excluding carboxylic acids is 2. The molecule has 3 aromatic carbocycles. The molecule has 1 saturated heterocycles. The van der Waals surface area contributed by atoms with Crippen LogP contribution in [0.2, 0.25) is 0 Å². The van der Waals surface area contributed by atoms with Gasteiger partial charge in [0.1, 0.15) is 11.3 Å². The first-order valence-electron chi connectivity index (χ1n) is 10.3. The highest BCUT2D eigenvalue weighted by molar-refractivity contribution is 6.09. The van der Waals surface area contributed by atoms with E-state index in [1.807, 2.05) is 61.5 Å². The molecule has 4 nitrogen and oxygen atoms in total. The van der Waals surface area contributed by atoms with Gasteiger partial charge >= 0.3 is 0 Å². The van der Waals surface area contributed by atoms with Gasteiger partial charge in [0.15, 0.2) is 0 Å². The fraction of sp³-hybridized carbons (Fsp3) is 0.231. The van der Waals surface area contributed by atoms with Gasteiger partial charge in [-0.15, -0.1) is 0 Å². The van der Waals surface area contributed by atoms with Crippen molar-refractivity contribution < 1.29 is 9.59 Å². The van der Waals surface area contributed by atoms with Crippen molar-refractivity contribution in [3.63, 3.8) is 0 Å². The molecule has 5 rings (SSSR count). The van der Waals surface area contributed by atoms with Gasteiger partial charge in [-0.1, -0.05) is 78.4 Å². The lowest BCUT2D eigenvalue weighted by Crippen LogP contribution is -2.50. The third-order valence-corrected chi connectivity index (χ3v) is 6.56. The lowest BCUT2D eigenvalue weighted by Gasteiger charge is -2.30. The number of anilines is 1. The maximum Gasteiger partial charge on any atom is 0.250 e. The number of aryl methyl sites for hydroxylation is 1. The smallest absolute Gasteiger partial charge is 0.250 e. The van der Waals surface area contributed by atoms with Gasteiger partial charge in [0, 0.05) is 23.2 Å². The number of fused-ring (bicyclic) bond motifs is 2. The maximum absolute atomic E-state index is 13.5. The van der Waals surface area contributed by atoms with Crippen LogP contribution in [0.4, 0.5) is 5.69 Å². The molecule has 2 aliphatic heterocycles. The molecule has 0 radical (unpaired) electrons. The highest BCUT2D eigenvalue weighted by Gasteiger charge is 2.63. The fourth-order valence-corrected chi connectivity index (χ4v) is 5.34. The second-order valence-electron chi connectivity index (χ2n) is 8.37. The summed E-state index contributed by atoms with van der Waals surface area (Å²) in [7, 11) is 0. The minimum Gasteiger partial charge on any atom is -0.324 e. The van der Waals surface area contributed by atoms with E-state index in [-0.39, 0.29) is 23.7 Å². The van der Waals surface area contributed by atoms with Crippen LogP contribution in [-0.4, -0.2) is 11.7 Å². The molecule has 4 atom stereocenters. The number of hydrogen-bond acceptors (Lipinski definition) is 3. The van der Waals surface area contributed by atoms with Crippen LogP contribution in [0.5, 0.6) is 0 Å². The normalized spacial score (nSPS) is 27.1. The third-order valence-electron chi connectivity index (χ3n) is 6.56. The summed E-state index contributed by atoms with van der Waals surface area (Å²) in [5.41, 5.74) is 3.76. The predicted molar refractivity (Wildman–Crippen MR) is 117 cm³/mol. The number of rotatable bonds is 3. The zero-order valence-corrected chi connectivity index (χ0v) is 17.1. The number of amides is 1. The summed E-state index contributed by atoms with van der Waals surface area (Å²) < 4.78 is 0. The van der Waals surface area contributed by atoms with Crippen LogP contribution in [0.3, 0.4) is 0 Å². The molecule has 0 aliphatic carbocycles. The summed E-state index contributed by atoms with van der Waals surface area (Å²) >= 11 is 0. The minimum atomic E-state index is -1.09. The molecule has 1 spiro atoms. The van der Waals surface area contributed by atoms with Crippen molar-refractivity contribution in [3.8, 4) is 0 Å². The van der Waals surface area contributed by atoms with E-state index in [9.17, 15) is 9.59 Å². The first kappa shape index (κ1) is 18.8. The quantitative estimate of drug-likeness (QED) is 0.686. The maximum atomic E-state index is 13.5. The Balaban J connectivity index is 1.77. The molecule has 4 heteroatoms. The second-order valence-corrected chi connectivity index (χ2v) is 8.37. The molecule has 2 heterocycles. The molecule has 30 heavy (non-hydrogen) atoms. The highest BCUT2D eigenvalue weighted by Crippen LogP contribution is 2.56. The summed E-state index contributed by atoms with van der Waals surface area (Å²) in [6.07, 6.45) is 0. The topological polar surface area (TPSA) is 58.2 Å². The van der Waals surface area contributed by atoms with Gasteiger partial charge in [0.2, 0.25) is 5.91 Å². The molecular weight excluding hydrogens is 372 g/mol. The Morgan fingerprint density at radius 1 is 0.900 bits per heavy atom. The molecule has 0 unspecified atom stereocenters. The van der Waals surface area contributed by atoms with Crippen LogP contribution >= 0.6 is 0 Å². The third kappa shape index (κ3) is 2.64. The second kappa shape index (κ2) is 6.92. The standard InChI is InChI=1S/C26H24N2O2/c1-16-13-14-21-20(15-16)26(25(30)27-21)23(17(2)29)22(18-9-5-3-6-10-18)24(28-26)19-11-7-4-8-12-19/h3-15,22-24,28H,1-2H3,(H,27,30)/t22-,23-,24+,26-/m1/s1. The largest absolute Gasteiger partial charge is 0.324 e. The van der Waals surface area contributed by atoms with Crippen molar-refractivity contribution in [1.29, 1.82) is 0 Å². The van der Waals surface area contributed by atoms with Gasteiger partial charge < -0.3 is 5.32 Å². The summed E-state index contributed by atoms with van der Waals surface area (Å²) in [6.45, 7) is 3.62. The van der Waals surface area contributed by atoms with Crippen molar-refractivity contribution >= 4 is 17.4 Å². The zero-order chi connectivity index (χ0) is 20.9. The van der Waals surface area contributed by atoms with Crippen molar-refractivity contribution in [1.82, 2.24) is 5.32 Å². The van der Waals surface area contributed by atoms with Gasteiger partial charge in [0.25, 0.3) is 0 Å². The number of hydrogen-bond donors (Lipinski definition) is 2. The highest BCUT2D eigenvalue weighted by atomic mass is 16.2. The van der Waals surface area contributed by atoms with Crippen LogP contribution in [0.1, 0.15) is 41.1 Å². The van der Waals surface area contributed by atoms with E-state index in [2.05, 4.69) is 34.9 Å². The van der Waals surface area contributed by atoms with Gasteiger partial charge in [-0.3, -0.25) is 14.9 Å². The number of Topliss-reactive ketones (excluding diaryl/α,β-unsaturated/α-hetero) is 1. The number of ketones is 1. The summed E-state index contributed by atoms with van der Waals surface area (Å²) in [5.74, 6) is -0.821. The molecule has 0 bridgehead atoms. The fourth-order valence-electron chi connectivity index (χ4n) is 5.34. The Kier molecular flexibility index (Phi) is 4.33. The Morgan fingerprint density at radius 3 is 2.17 bits per heavy atom. The number of benzene rings is 3. The van der Waals surface area contributed by atoms with E-state index in [0.29, 0.717) is 0 Å². The lowest BCUT2D eigenvalue weighted by atomic mass is 9.70. The molecule has 3 aromatic rings. The molecule has 2 aliphatic rings. The van der Waals surface area contributed by atoms with Gasteiger partial charge in [-0.05, 0) is 31.0 Å². The Labute approximate surface area is 176 Å². The van der Waals surface area contributed by atoms with Gasteiger partial charge in [-0.2, -0.15) is 0 Å². The predicted octanol–water partition coefficient (Wildman–Crippen LogP) is 4.48. The molecule has 0 saturated carbocycles. The lowest BCUT2D eigenvalue weighted by molar-refractivity contribution is -0.131. The molecule has 150 valence electrons.